The molecule has 42 heavy (non-hydrogen) atoms. The summed E-state index contributed by atoms with van der Waals surface area (Å²) in [6, 6.07) is 17.2. The number of piperidine rings is 2. The minimum absolute atomic E-state index is 0.0745. The molecule has 0 radical (unpaired) electrons. The summed E-state index contributed by atoms with van der Waals surface area (Å²) in [5, 5.41) is 3.39. The SMILES string of the molecule is Nc1ncnc2c1n(-c1ccc(Oc3ccccc3)cc1)c(=O)n2C1CCN(CC2CCN(CC3CNC3)CC2)CC1. The third kappa shape index (κ3) is 5.54. The van der Waals surface area contributed by atoms with Crippen molar-refractivity contribution in [2.24, 2.45) is 11.8 Å². The van der Waals surface area contributed by atoms with Gasteiger partial charge >= 0.3 is 5.69 Å². The monoisotopic (exact) mass is 568 g/mol. The molecule has 3 aliphatic heterocycles. The van der Waals surface area contributed by atoms with Gasteiger partial charge in [-0.05, 0) is 87.0 Å². The summed E-state index contributed by atoms with van der Waals surface area (Å²) in [4.78, 5) is 28.0. The number of anilines is 1. The molecule has 5 heterocycles. The Morgan fingerprint density at radius 2 is 1.45 bits per heavy atom. The summed E-state index contributed by atoms with van der Waals surface area (Å²) < 4.78 is 9.46. The zero-order valence-electron chi connectivity index (χ0n) is 24.1. The topological polar surface area (TPSA) is 106 Å². The molecule has 0 amide bonds. The lowest BCUT2D eigenvalue weighted by Gasteiger charge is -2.39. The van der Waals surface area contributed by atoms with E-state index in [1.165, 1.54) is 51.9 Å². The molecule has 10 heteroatoms. The molecule has 4 aromatic rings. The number of hydrogen-bond donors (Lipinski definition) is 2. The molecule has 0 unspecified atom stereocenters. The minimum atomic E-state index is -0.124. The van der Waals surface area contributed by atoms with Gasteiger partial charge in [-0.3, -0.25) is 9.13 Å². The standard InChI is InChI=1S/C32H40N8O2/c33-30-29-31(36-22-35-30)40(32(41)39(29)25-6-8-28(9-7-25)42-27-4-2-1-3-5-27)26-12-16-38(17-13-26)20-23-10-14-37(15-11-23)21-24-18-34-19-24/h1-9,22-24,26,34H,10-21H2,(H2,33,35,36). The molecule has 3 aliphatic rings. The minimum Gasteiger partial charge on any atom is -0.457 e. The van der Waals surface area contributed by atoms with E-state index in [4.69, 9.17) is 10.5 Å². The van der Waals surface area contributed by atoms with Gasteiger partial charge in [0.25, 0.3) is 0 Å². The summed E-state index contributed by atoms with van der Waals surface area (Å²) in [5.74, 6) is 3.37. The van der Waals surface area contributed by atoms with Crippen LogP contribution >= 0.6 is 0 Å². The van der Waals surface area contributed by atoms with Crippen LogP contribution in [0.15, 0.2) is 65.7 Å². The molecule has 0 saturated carbocycles. The van der Waals surface area contributed by atoms with E-state index in [-0.39, 0.29) is 11.7 Å². The fraction of sp³-hybridized carbons (Fsp3) is 0.469. The number of ether oxygens (including phenoxy) is 1. The Morgan fingerprint density at radius 1 is 0.810 bits per heavy atom. The molecule has 3 fully saturated rings. The van der Waals surface area contributed by atoms with Crippen molar-refractivity contribution in [2.45, 2.75) is 31.7 Å². The molecule has 7 rings (SSSR count). The van der Waals surface area contributed by atoms with Gasteiger partial charge < -0.3 is 25.6 Å². The van der Waals surface area contributed by atoms with Crippen molar-refractivity contribution in [3.8, 4) is 17.2 Å². The molecule has 0 spiro atoms. The maximum Gasteiger partial charge on any atom is 0.335 e. The van der Waals surface area contributed by atoms with Crippen LogP contribution in [0.5, 0.6) is 11.5 Å². The highest BCUT2D eigenvalue weighted by atomic mass is 16.5. The second-order valence-corrected chi connectivity index (χ2v) is 12.1. The third-order valence-electron chi connectivity index (χ3n) is 9.28. The number of fused-ring (bicyclic) bond motifs is 1. The normalized spacial score (nSPS) is 19.7. The van der Waals surface area contributed by atoms with Gasteiger partial charge in [0.05, 0.1) is 5.69 Å². The molecule has 2 aromatic heterocycles. The fourth-order valence-electron chi connectivity index (χ4n) is 6.84. The van der Waals surface area contributed by atoms with Crippen LogP contribution in [-0.2, 0) is 0 Å². The van der Waals surface area contributed by atoms with E-state index in [1.54, 1.807) is 4.57 Å². The Hall–Kier alpha value is -3.73. The lowest BCUT2D eigenvalue weighted by atomic mass is 9.93. The summed E-state index contributed by atoms with van der Waals surface area (Å²) in [7, 11) is 0. The molecule has 2 aromatic carbocycles. The van der Waals surface area contributed by atoms with Crippen LogP contribution in [0.4, 0.5) is 5.82 Å². The van der Waals surface area contributed by atoms with Gasteiger partial charge in [-0.1, -0.05) is 18.2 Å². The van der Waals surface area contributed by atoms with Crippen molar-refractivity contribution in [3.05, 3.63) is 71.4 Å². The van der Waals surface area contributed by atoms with E-state index in [0.29, 0.717) is 28.4 Å². The Labute approximate surface area is 246 Å². The highest BCUT2D eigenvalue weighted by Gasteiger charge is 2.30. The molecule has 10 nitrogen and oxygen atoms in total. The number of aromatic nitrogens is 4. The average molecular weight is 569 g/mol. The second-order valence-electron chi connectivity index (χ2n) is 12.1. The molecule has 0 aliphatic carbocycles. The van der Waals surface area contributed by atoms with Crippen LogP contribution in [0, 0.1) is 11.8 Å². The number of para-hydroxylation sites is 1. The zero-order valence-corrected chi connectivity index (χ0v) is 24.1. The third-order valence-corrected chi connectivity index (χ3v) is 9.28. The molecule has 3 saturated heterocycles. The van der Waals surface area contributed by atoms with Gasteiger partial charge in [-0.2, -0.15) is 0 Å². The van der Waals surface area contributed by atoms with Crippen LogP contribution in [-0.4, -0.2) is 81.3 Å². The van der Waals surface area contributed by atoms with Gasteiger partial charge in [0.2, 0.25) is 0 Å². The smallest absolute Gasteiger partial charge is 0.335 e. The summed E-state index contributed by atoms with van der Waals surface area (Å²) >= 11 is 0. The number of hydrogen-bond acceptors (Lipinski definition) is 8. The molecule has 0 atom stereocenters. The Balaban J connectivity index is 1.04. The van der Waals surface area contributed by atoms with Crippen molar-refractivity contribution in [2.75, 3.05) is 58.1 Å². The Kier molecular flexibility index (Phi) is 7.67. The van der Waals surface area contributed by atoms with Crippen LogP contribution < -0.4 is 21.5 Å². The first-order valence-corrected chi connectivity index (χ1v) is 15.3. The lowest BCUT2D eigenvalue weighted by molar-refractivity contribution is 0.104. The van der Waals surface area contributed by atoms with E-state index in [1.807, 2.05) is 59.2 Å². The molecule has 220 valence electrons. The second kappa shape index (κ2) is 11.9. The van der Waals surface area contributed by atoms with Crippen molar-refractivity contribution in [3.63, 3.8) is 0 Å². The lowest BCUT2D eigenvalue weighted by Crippen LogP contribution is -2.50. The molecular weight excluding hydrogens is 528 g/mol. The summed E-state index contributed by atoms with van der Waals surface area (Å²) in [6.07, 6.45) is 5.87. The van der Waals surface area contributed by atoms with Gasteiger partial charge in [-0.25, -0.2) is 14.8 Å². The maximum atomic E-state index is 14.0. The average Bonchev–Trinajstić information content (AvgIpc) is 3.30. The fourth-order valence-corrected chi connectivity index (χ4v) is 6.84. The number of rotatable bonds is 8. The van der Waals surface area contributed by atoms with Crippen molar-refractivity contribution in [1.82, 2.24) is 34.2 Å². The largest absolute Gasteiger partial charge is 0.457 e. The number of likely N-dealkylation sites (tertiary alicyclic amines) is 2. The number of nitrogen functional groups attached to an aromatic ring is 1. The quantitative estimate of drug-likeness (QED) is 0.333. The first kappa shape index (κ1) is 27.1. The first-order valence-electron chi connectivity index (χ1n) is 15.3. The van der Waals surface area contributed by atoms with Gasteiger partial charge in [0.1, 0.15) is 23.3 Å². The number of nitrogens with two attached hydrogens (primary N) is 1. The predicted molar refractivity (Wildman–Crippen MR) is 164 cm³/mol. The summed E-state index contributed by atoms with van der Waals surface area (Å²) in [6.45, 7) is 9.23. The Morgan fingerprint density at radius 3 is 2.12 bits per heavy atom. The van der Waals surface area contributed by atoms with Crippen LogP contribution in [0.2, 0.25) is 0 Å². The molecule has 0 bridgehead atoms. The number of nitrogens with zero attached hydrogens (tertiary/aromatic N) is 6. The van der Waals surface area contributed by atoms with Crippen molar-refractivity contribution >= 4 is 17.0 Å². The highest BCUT2D eigenvalue weighted by Crippen LogP contribution is 2.30. The van der Waals surface area contributed by atoms with E-state index >= 15 is 0 Å². The molecular formula is C32H40N8O2. The maximum absolute atomic E-state index is 14.0. The van der Waals surface area contributed by atoms with E-state index < -0.39 is 0 Å². The number of nitrogens with one attached hydrogen (secondary N) is 1. The van der Waals surface area contributed by atoms with Gasteiger partial charge in [-0.15, -0.1) is 0 Å². The Bertz CT molecular complexity index is 1550. The zero-order chi connectivity index (χ0) is 28.5. The molecule has 3 N–H and O–H groups in total. The van der Waals surface area contributed by atoms with Gasteiger partial charge in [0, 0.05) is 45.3 Å². The number of imidazole rings is 1. The van der Waals surface area contributed by atoms with E-state index in [2.05, 4.69) is 25.1 Å². The van der Waals surface area contributed by atoms with Crippen LogP contribution in [0.3, 0.4) is 0 Å². The van der Waals surface area contributed by atoms with Crippen molar-refractivity contribution < 1.29 is 4.74 Å². The van der Waals surface area contributed by atoms with Crippen LogP contribution in [0.25, 0.3) is 16.9 Å². The number of benzene rings is 2. The first-order chi connectivity index (χ1) is 20.6. The highest BCUT2D eigenvalue weighted by molar-refractivity contribution is 5.84. The van der Waals surface area contributed by atoms with E-state index in [9.17, 15) is 4.79 Å². The summed E-state index contributed by atoms with van der Waals surface area (Å²) in [5.41, 5.74) is 8.10. The predicted octanol–water partition coefficient (Wildman–Crippen LogP) is 3.53. The van der Waals surface area contributed by atoms with Gasteiger partial charge in [0.15, 0.2) is 11.5 Å². The van der Waals surface area contributed by atoms with Crippen molar-refractivity contribution in [1.29, 1.82) is 0 Å². The van der Waals surface area contributed by atoms with Crippen LogP contribution in [0.1, 0.15) is 31.7 Å². The van der Waals surface area contributed by atoms with E-state index in [0.717, 1.165) is 50.1 Å².